The zero-order valence-corrected chi connectivity index (χ0v) is 14.1. The van der Waals surface area contributed by atoms with Crippen LogP contribution in [0.1, 0.15) is 51.0 Å². The molecule has 0 aromatic heterocycles. The number of hydrogen-bond acceptors (Lipinski definition) is 1. The van der Waals surface area contributed by atoms with Crippen molar-refractivity contribution in [2.45, 2.75) is 56.9 Å². The van der Waals surface area contributed by atoms with Crippen molar-refractivity contribution in [3.8, 4) is 0 Å². The molecule has 1 aromatic carbocycles. The van der Waals surface area contributed by atoms with Gasteiger partial charge in [-0.3, -0.25) is 0 Å². The molecule has 2 N–H and O–H groups in total. The molecule has 5 rings (SSSR count). The van der Waals surface area contributed by atoms with Crippen molar-refractivity contribution in [3.05, 3.63) is 33.8 Å². The molecule has 4 aliphatic carbocycles. The van der Waals surface area contributed by atoms with E-state index in [9.17, 15) is 0 Å². The highest BCUT2D eigenvalue weighted by Gasteiger charge is 2.59. The predicted octanol–water partition coefficient (Wildman–Crippen LogP) is 5.18. The highest BCUT2D eigenvalue weighted by Crippen LogP contribution is 2.66. The van der Waals surface area contributed by atoms with Crippen LogP contribution in [-0.4, -0.2) is 6.04 Å². The average Bonchev–Trinajstić information content (AvgIpc) is 2.40. The predicted molar refractivity (Wildman–Crippen MR) is 88.9 cm³/mol. The molecular formula is C18H23Cl2N. The molecule has 0 spiro atoms. The third-order valence-electron chi connectivity index (χ3n) is 6.60. The standard InChI is InChI=1S/C18H23Cl2N/c1-11(21)17-6-12-4-13(7-17)9-18(8-12,10-17)14-2-3-15(19)16(20)5-14/h2-3,5,11-13H,4,6-10,21H2,1H3/t11-,12-,13+,17?,18?/m1/s1. The van der Waals surface area contributed by atoms with Crippen molar-refractivity contribution in [1.29, 1.82) is 0 Å². The summed E-state index contributed by atoms with van der Waals surface area (Å²) in [4.78, 5) is 0. The summed E-state index contributed by atoms with van der Waals surface area (Å²) in [6.45, 7) is 2.22. The van der Waals surface area contributed by atoms with Gasteiger partial charge in [0.05, 0.1) is 10.0 Å². The second-order valence-electron chi connectivity index (χ2n) is 8.02. The number of nitrogens with two attached hydrogens (primary N) is 1. The summed E-state index contributed by atoms with van der Waals surface area (Å²) in [5.41, 5.74) is 8.49. The number of hydrogen-bond donors (Lipinski definition) is 1. The van der Waals surface area contributed by atoms with E-state index in [2.05, 4.69) is 19.1 Å². The van der Waals surface area contributed by atoms with Crippen LogP contribution in [0.25, 0.3) is 0 Å². The van der Waals surface area contributed by atoms with Gasteiger partial charge in [0.2, 0.25) is 0 Å². The van der Waals surface area contributed by atoms with E-state index in [4.69, 9.17) is 28.9 Å². The Morgan fingerprint density at radius 2 is 1.76 bits per heavy atom. The molecule has 114 valence electrons. The van der Waals surface area contributed by atoms with Crippen LogP contribution < -0.4 is 5.73 Å². The Morgan fingerprint density at radius 1 is 1.10 bits per heavy atom. The zero-order valence-electron chi connectivity index (χ0n) is 12.5. The second kappa shape index (κ2) is 4.63. The number of halogens is 2. The molecule has 1 aromatic rings. The van der Waals surface area contributed by atoms with Gasteiger partial charge >= 0.3 is 0 Å². The summed E-state index contributed by atoms with van der Waals surface area (Å²) in [5, 5.41) is 1.35. The fourth-order valence-corrected chi connectivity index (χ4v) is 6.33. The van der Waals surface area contributed by atoms with Crippen LogP contribution in [0.15, 0.2) is 18.2 Å². The lowest BCUT2D eigenvalue weighted by molar-refractivity contribution is -0.0821. The maximum Gasteiger partial charge on any atom is 0.0595 e. The third-order valence-corrected chi connectivity index (χ3v) is 7.34. The van der Waals surface area contributed by atoms with Crippen molar-refractivity contribution in [2.24, 2.45) is 23.0 Å². The maximum absolute atomic E-state index is 6.44. The van der Waals surface area contributed by atoms with Gasteiger partial charge in [-0.2, -0.15) is 0 Å². The first-order chi connectivity index (χ1) is 9.92. The SMILES string of the molecule is C[C@@H](N)C12C[C@@H]3C[C@@H](CC(c4ccc(Cl)c(Cl)c4)(C3)C1)C2. The van der Waals surface area contributed by atoms with Crippen molar-refractivity contribution >= 4 is 23.2 Å². The van der Waals surface area contributed by atoms with Crippen LogP contribution in [0.3, 0.4) is 0 Å². The average molecular weight is 324 g/mol. The minimum Gasteiger partial charge on any atom is -0.327 e. The van der Waals surface area contributed by atoms with Gasteiger partial charge in [0.15, 0.2) is 0 Å². The number of rotatable bonds is 2. The Hall–Kier alpha value is -0.240. The molecule has 4 fully saturated rings. The lowest BCUT2D eigenvalue weighted by atomic mass is 9.41. The molecular weight excluding hydrogens is 301 g/mol. The van der Waals surface area contributed by atoms with Gasteiger partial charge < -0.3 is 5.73 Å². The lowest BCUT2D eigenvalue weighted by Crippen LogP contribution is -2.59. The Labute approximate surface area is 137 Å². The van der Waals surface area contributed by atoms with E-state index in [1.807, 2.05) is 6.07 Å². The molecule has 4 saturated carbocycles. The first-order valence-electron chi connectivity index (χ1n) is 8.14. The van der Waals surface area contributed by atoms with E-state index in [-0.39, 0.29) is 0 Å². The molecule has 0 aliphatic heterocycles. The van der Waals surface area contributed by atoms with Gasteiger partial charge in [-0.25, -0.2) is 0 Å². The van der Waals surface area contributed by atoms with Crippen LogP contribution in [0.5, 0.6) is 0 Å². The Balaban J connectivity index is 1.78. The van der Waals surface area contributed by atoms with E-state index in [1.165, 1.54) is 44.1 Å². The molecule has 4 aliphatic rings. The molecule has 21 heavy (non-hydrogen) atoms. The Morgan fingerprint density at radius 3 is 2.33 bits per heavy atom. The molecule has 0 heterocycles. The molecule has 2 unspecified atom stereocenters. The normalized spacial score (nSPS) is 42.3. The topological polar surface area (TPSA) is 26.0 Å². The third kappa shape index (κ3) is 2.08. The van der Waals surface area contributed by atoms with Crippen LogP contribution in [0.2, 0.25) is 10.0 Å². The minimum atomic E-state index is 0.297. The van der Waals surface area contributed by atoms with Crippen molar-refractivity contribution < 1.29 is 0 Å². The highest BCUT2D eigenvalue weighted by atomic mass is 35.5. The zero-order chi connectivity index (χ0) is 14.8. The number of benzene rings is 1. The molecule has 0 saturated heterocycles. The molecule has 5 atom stereocenters. The molecule has 4 bridgehead atoms. The van der Waals surface area contributed by atoms with E-state index in [0.29, 0.717) is 26.9 Å². The van der Waals surface area contributed by atoms with E-state index >= 15 is 0 Å². The van der Waals surface area contributed by atoms with Gasteiger partial charge in [0.25, 0.3) is 0 Å². The van der Waals surface area contributed by atoms with Crippen molar-refractivity contribution in [1.82, 2.24) is 0 Å². The Kier molecular flexibility index (Phi) is 3.17. The first kappa shape index (κ1) is 14.4. The fourth-order valence-electron chi connectivity index (χ4n) is 6.03. The highest BCUT2D eigenvalue weighted by molar-refractivity contribution is 6.42. The van der Waals surface area contributed by atoms with Gasteiger partial charge in [-0.1, -0.05) is 29.3 Å². The van der Waals surface area contributed by atoms with E-state index in [1.54, 1.807) is 0 Å². The van der Waals surface area contributed by atoms with Crippen LogP contribution in [0.4, 0.5) is 0 Å². The summed E-state index contributed by atoms with van der Waals surface area (Å²) in [7, 11) is 0. The fraction of sp³-hybridized carbons (Fsp3) is 0.667. The monoisotopic (exact) mass is 323 g/mol. The van der Waals surface area contributed by atoms with Crippen LogP contribution >= 0.6 is 23.2 Å². The van der Waals surface area contributed by atoms with Gasteiger partial charge in [0, 0.05) is 6.04 Å². The first-order valence-corrected chi connectivity index (χ1v) is 8.89. The van der Waals surface area contributed by atoms with Crippen molar-refractivity contribution in [2.75, 3.05) is 0 Å². The summed E-state index contributed by atoms with van der Waals surface area (Å²) >= 11 is 12.4. The second-order valence-corrected chi connectivity index (χ2v) is 8.84. The Bertz CT molecular complexity index is 567. The quantitative estimate of drug-likeness (QED) is 0.797. The van der Waals surface area contributed by atoms with E-state index < -0.39 is 0 Å². The smallest absolute Gasteiger partial charge is 0.0595 e. The largest absolute Gasteiger partial charge is 0.327 e. The molecule has 3 heteroatoms. The molecule has 0 amide bonds. The van der Waals surface area contributed by atoms with Gasteiger partial charge in [-0.05, 0) is 85.8 Å². The summed E-state index contributed by atoms with van der Waals surface area (Å²) < 4.78 is 0. The minimum absolute atomic E-state index is 0.297. The molecule has 0 radical (unpaired) electrons. The summed E-state index contributed by atoms with van der Waals surface area (Å²) in [6, 6.07) is 6.59. The maximum atomic E-state index is 6.44. The summed E-state index contributed by atoms with van der Waals surface area (Å²) in [5.74, 6) is 1.71. The molecule has 1 nitrogen and oxygen atoms in total. The van der Waals surface area contributed by atoms with Crippen LogP contribution in [0, 0.1) is 17.3 Å². The van der Waals surface area contributed by atoms with E-state index in [0.717, 1.165) is 11.8 Å². The van der Waals surface area contributed by atoms with Gasteiger partial charge in [-0.15, -0.1) is 0 Å². The summed E-state index contributed by atoms with van der Waals surface area (Å²) in [6.07, 6.45) is 7.96. The van der Waals surface area contributed by atoms with Crippen LogP contribution in [-0.2, 0) is 5.41 Å². The van der Waals surface area contributed by atoms with Gasteiger partial charge in [0.1, 0.15) is 0 Å². The van der Waals surface area contributed by atoms with Crippen molar-refractivity contribution in [3.63, 3.8) is 0 Å². The lowest BCUT2D eigenvalue weighted by Gasteiger charge is -2.64.